The molecular weight excluding hydrogens is 536 g/mol. The smallest absolute Gasteiger partial charge is 0.352 e. The Morgan fingerprint density at radius 3 is 2.67 bits per heavy atom. The molecule has 0 aliphatic carbocycles. The van der Waals surface area contributed by atoms with E-state index in [1.54, 1.807) is 0 Å². The fourth-order valence-corrected chi connectivity index (χ4v) is 6.36. The Balaban J connectivity index is 1.42. The molecule has 1 aromatic heterocycles. The van der Waals surface area contributed by atoms with Gasteiger partial charge in [0.15, 0.2) is 11.0 Å². The number of amides is 2. The Morgan fingerprint density at radius 2 is 2.03 bits per heavy atom. The van der Waals surface area contributed by atoms with Crippen molar-refractivity contribution in [3.05, 3.63) is 46.9 Å². The lowest BCUT2D eigenvalue weighted by Gasteiger charge is -2.49. The molecule has 14 nitrogen and oxygen atoms in total. The second-order valence-corrected chi connectivity index (χ2v) is 11.3. The predicted molar refractivity (Wildman–Crippen MR) is 127 cm³/mol. The van der Waals surface area contributed by atoms with Gasteiger partial charge in [0.1, 0.15) is 34.7 Å². The molecule has 1 saturated heterocycles. The van der Waals surface area contributed by atoms with Crippen LogP contribution in [0.2, 0.25) is 0 Å². The van der Waals surface area contributed by atoms with Crippen LogP contribution in [0.5, 0.6) is 5.75 Å². The first kappa shape index (κ1) is 26.0. The van der Waals surface area contributed by atoms with Gasteiger partial charge in [-0.15, -0.1) is 11.8 Å². The zero-order chi connectivity index (χ0) is 26.2. The highest BCUT2D eigenvalue weighted by Crippen LogP contribution is 2.41. The number of hydrogen-bond donors (Lipinski definition) is 6. The fraction of sp³-hybridized carbons (Fsp3) is 0.316. The van der Waals surface area contributed by atoms with Crippen molar-refractivity contribution in [2.24, 2.45) is 5.73 Å². The van der Waals surface area contributed by atoms with Gasteiger partial charge in [0, 0.05) is 11.5 Å². The zero-order valence-electron chi connectivity index (χ0n) is 18.2. The summed E-state index contributed by atoms with van der Waals surface area (Å²) >= 11 is 2.33. The Bertz CT molecular complexity index is 1340. The number of phenolic OH excluding ortho intramolecular Hbond substituents is 1. The summed E-state index contributed by atoms with van der Waals surface area (Å²) in [7, 11) is -4.30. The molecule has 1 aromatic carbocycles. The van der Waals surface area contributed by atoms with E-state index in [1.165, 1.54) is 36.0 Å². The summed E-state index contributed by atoms with van der Waals surface area (Å²) in [4.78, 5) is 42.5. The number of nitrogens with one attached hydrogen (secondary N) is 2. The molecular formula is C19H20N6O8S3. The van der Waals surface area contributed by atoms with Crippen molar-refractivity contribution in [2.75, 3.05) is 11.5 Å². The van der Waals surface area contributed by atoms with Crippen LogP contribution in [-0.2, 0) is 30.3 Å². The van der Waals surface area contributed by atoms with Crippen LogP contribution in [0.25, 0.3) is 0 Å². The molecule has 2 amide bonds. The van der Waals surface area contributed by atoms with E-state index in [4.69, 9.17) is 10.3 Å². The number of carbonyl (C=O) groups is 3. The second-order valence-electron chi connectivity index (χ2n) is 7.79. The van der Waals surface area contributed by atoms with E-state index in [-0.39, 0.29) is 33.9 Å². The Kier molecular flexibility index (Phi) is 7.28. The van der Waals surface area contributed by atoms with Crippen LogP contribution in [0.3, 0.4) is 0 Å². The molecule has 1 fully saturated rings. The highest BCUT2D eigenvalue weighted by Gasteiger charge is 2.54. The van der Waals surface area contributed by atoms with Crippen LogP contribution >= 0.6 is 23.5 Å². The third kappa shape index (κ3) is 5.49. The molecule has 3 atom stereocenters. The van der Waals surface area contributed by atoms with Gasteiger partial charge in [0.25, 0.3) is 16.0 Å². The maximum absolute atomic E-state index is 12.8. The lowest BCUT2D eigenvalue weighted by molar-refractivity contribution is -0.150. The molecule has 2 aliphatic rings. The number of aromatic amines is 1. The summed E-state index contributed by atoms with van der Waals surface area (Å²) in [5.74, 6) is -3.04. The van der Waals surface area contributed by atoms with Crippen LogP contribution in [0.4, 0.5) is 0 Å². The van der Waals surface area contributed by atoms with Crippen molar-refractivity contribution >= 4 is 51.4 Å². The summed E-state index contributed by atoms with van der Waals surface area (Å²) in [6, 6.07) is 3.70. The highest BCUT2D eigenvalue weighted by atomic mass is 32.2. The number of carboxylic acid groups (broad SMARTS) is 1. The molecule has 192 valence electrons. The van der Waals surface area contributed by atoms with Gasteiger partial charge in [-0.05, 0) is 23.3 Å². The van der Waals surface area contributed by atoms with Gasteiger partial charge in [0.05, 0.1) is 0 Å². The lowest BCUT2D eigenvalue weighted by Crippen LogP contribution is -2.71. The number of phenols is 1. The number of benzene rings is 1. The maximum atomic E-state index is 12.8. The van der Waals surface area contributed by atoms with E-state index in [0.717, 1.165) is 16.7 Å². The van der Waals surface area contributed by atoms with Crippen molar-refractivity contribution in [3.63, 3.8) is 0 Å². The fourth-order valence-electron chi connectivity index (χ4n) is 3.60. The summed E-state index contributed by atoms with van der Waals surface area (Å²) in [6.45, 7) is 0. The SMILES string of the molecule is NC(C(=O)NC1C(=O)N2C(C(=O)O)=C(CSc3nc(CS(=O)(=O)O)n[nH]3)CS[C@H]12)c1ccc(O)cc1. The van der Waals surface area contributed by atoms with Crippen molar-refractivity contribution in [1.29, 1.82) is 0 Å². The van der Waals surface area contributed by atoms with E-state index >= 15 is 0 Å². The van der Waals surface area contributed by atoms with Gasteiger partial charge >= 0.3 is 5.97 Å². The summed E-state index contributed by atoms with van der Waals surface area (Å²) in [6.07, 6.45) is 0. The van der Waals surface area contributed by atoms with Crippen LogP contribution in [0, 0.1) is 0 Å². The molecule has 4 rings (SSSR count). The number of fused-ring (bicyclic) bond motifs is 1. The third-order valence-corrected chi connectivity index (χ3v) is 8.20. The number of aromatic nitrogens is 3. The standard InChI is InChI=1S/C19H20N6O8S3/c20-12(8-1-3-10(26)4-2-8)15(27)22-13-16(28)25-14(18(29)30)9(5-34-17(13)25)6-35-19-21-11(23-24-19)7-36(31,32)33/h1-4,12-13,17,26H,5-7,20H2,(H,22,27)(H,29,30)(H,21,23,24)(H,31,32,33)/t12?,13?,17-/m1/s1. The van der Waals surface area contributed by atoms with E-state index in [9.17, 15) is 33.0 Å². The highest BCUT2D eigenvalue weighted by molar-refractivity contribution is 8.01. The van der Waals surface area contributed by atoms with Gasteiger partial charge in [0.2, 0.25) is 5.91 Å². The molecule has 36 heavy (non-hydrogen) atoms. The van der Waals surface area contributed by atoms with E-state index in [1.807, 2.05) is 0 Å². The number of carbonyl (C=O) groups excluding carboxylic acids is 2. The second kappa shape index (κ2) is 10.1. The number of β-lactam (4-membered cyclic amide) rings is 1. The first-order valence-corrected chi connectivity index (χ1v) is 13.8. The molecule has 0 spiro atoms. The number of carboxylic acids is 1. The van der Waals surface area contributed by atoms with Crippen LogP contribution in [-0.4, -0.2) is 84.0 Å². The van der Waals surface area contributed by atoms with Crippen LogP contribution in [0.1, 0.15) is 17.4 Å². The van der Waals surface area contributed by atoms with E-state index in [0.29, 0.717) is 11.1 Å². The molecule has 2 unspecified atom stereocenters. The van der Waals surface area contributed by atoms with Gasteiger partial charge in [-0.25, -0.2) is 9.78 Å². The summed E-state index contributed by atoms with van der Waals surface area (Å²) in [5.41, 5.74) is 6.64. The predicted octanol–water partition coefficient (Wildman–Crippen LogP) is -0.571. The Labute approximate surface area is 212 Å². The topological polar surface area (TPSA) is 229 Å². The molecule has 0 saturated carbocycles. The van der Waals surface area contributed by atoms with Crippen molar-refractivity contribution in [2.45, 2.75) is 28.4 Å². The first-order valence-electron chi connectivity index (χ1n) is 10.2. The molecule has 2 aliphatic heterocycles. The molecule has 0 bridgehead atoms. The minimum atomic E-state index is -4.30. The van der Waals surface area contributed by atoms with E-state index in [2.05, 4.69) is 20.5 Å². The largest absolute Gasteiger partial charge is 0.508 e. The molecule has 0 radical (unpaired) electrons. The Hall–Kier alpha value is -3.12. The average Bonchev–Trinajstić information content (AvgIpc) is 3.25. The van der Waals surface area contributed by atoms with Gasteiger partial charge < -0.3 is 21.3 Å². The normalized spacial score (nSPS) is 20.5. The average molecular weight is 557 g/mol. The minimum absolute atomic E-state index is 0.0126. The minimum Gasteiger partial charge on any atom is -0.508 e. The number of hydrogen-bond acceptors (Lipinski definition) is 11. The molecule has 2 aromatic rings. The Morgan fingerprint density at radius 1 is 1.33 bits per heavy atom. The van der Waals surface area contributed by atoms with E-state index < -0.39 is 51.1 Å². The molecule has 3 heterocycles. The monoisotopic (exact) mass is 556 g/mol. The van der Waals surface area contributed by atoms with Crippen LogP contribution in [0.15, 0.2) is 40.7 Å². The summed E-state index contributed by atoms with van der Waals surface area (Å²) in [5, 5.41) is 27.5. The van der Waals surface area contributed by atoms with Crippen molar-refractivity contribution in [1.82, 2.24) is 25.4 Å². The van der Waals surface area contributed by atoms with Crippen LogP contribution < -0.4 is 11.1 Å². The number of nitrogens with zero attached hydrogens (tertiary/aromatic N) is 3. The van der Waals surface area contributed by atoms with Crippen molar-refractivity contribution in [3.8, 4) is 5.75 Å². The van der Waals surface area contributed by atoms with Gasteiger partial charge in [-0.1, -0.05) is 23.9 Å². The first-order chi connectivity index (χ1) is 16.9. The number of rotatable bonds is 9. The third-order valence-electron chi connectivity index (χ3n) is 5.29. The number of H-pyrrole nitrogens is 1. The number of nitrogens with two attached hydrogens (primary N) is 1. The van der Waals surface area contributed by atoms with Gasteiger partial charge in [-0.3, -0.25) is 24.1 Å². The summed E-state index contributed by atoms with van der Waals surface area (Å²) < 4.78 is 30.8. The number of aromatic hydroxyl groups is 1. The maximum Gasteiger partial charge on any atom is 0.352 e. The number of thioether (sulfide) groups is 2. The van der Waals surface area contributed by atoms with Crippen molar-refractivity contribution < 1.29 is 37.6 Å². The number of aliphatic carboxylic acids is 1. The van der Waals surface area contributed by atoms with Gasteiger partial charge in [-0.2, -0.15) is 13.5 Å². The molecule has 7 N–H and O–H groups in total. The quantitative estimate of drug-likeness (QED) is 0.129. The lowest BCUT2D eigenvalue weighted by atomic mass is 10.0. The molecule has 17 heteroatoms. The zero-order valence-corrected chi connectivity index (χ0v) is 20.6.